The van der Waals surface area contributed by atoms with Crippen molar-refractivity contribution >= 4 is 11.7 Å². The van der Waals surface area contributed by atoms with Crippen LogP contribution in [0.25, 0.3) is 0 Å². The van der Waals surface area contributed by atoms with E-state index in [-0.39, 0.29) is 30.0 Å². The van der Waals surface area contributed by atoms with Gasteiger partial charge in [0.25, 0.3) is 0 Å². The van der Waals surface area contributed by atoms with E-state index in [1.165, 1.54) is 0 Å². The molecule has 1 aromatic heterocycles. The van der Waals surface area contributed by atoms with Crippen LogP contribution >= 0.6 is 0 Å². The van der Waals surface area contributed by atoms with Gasteiger partial charge in [-0.1, -0.05) is 28.9 Å². The molecule has 2 N–H and O–H groups in total. The lowest BCUT2D eigenvalue weighted by Crippen LogP contribution is -3.00. The van der Waals surface area contributed by atoms with Crippen molar-refractivity contribution in [3.63, 3.8) is 0 Å². The molecule has 5 heteroatoms. The number of rotatable bonds is 2. The number of hydrogen-bond donors (Lipinski definition) is 2. The van der Waals surface area contributed by atoms with E-state index in [1.807, 2.05) is 48.5 Å². The Kier molecular flexibility index (Phi) is 5.41. The monoisotopic (exact) mass is 341 g/mol. The van der Waals surface area contributed by atoms with Crippen LogP contribution in [0.1, 0.15) is 0 Å². The molecule has 0 aliphatic heterocycles. The fourth-order valence-corrected chi connectivity index (χ4v) is 1.27. The molecule has 4 nitrogen and oxygen atoms in total. The average Bonchev–Trinajstić information content (AvgIpc) is 2.31. The number of carbonyl (C=O) groups excluding carboxylic acids is 1. The van der Waals surface area contributed by atoms with Crippen LogP contribution in [-0.2, 0) is 0 Å². The molecule has 0 fully saturated rings. The van der Waals surface area contributed by atoms with Crippen LogP contribution in [-0.4, -0.2) is 6.03 Å². The van der Waals surface area contributed by atoms with E-state index in [9.17, 15) is 4.79 Å². The Hall–Kier alpha value is -1.63. The highest BCUT2D eigenvalue weighted by Gasteiger charge is 2.05. The molecule has 0 saturated heterocycles. The smallest absolute Gasteiger partial charge is 0.372 e. The second-order valence-corrected chi connectivity index (χ2v) is 3.21. The molecule has 2 aromatic rings. The molecule has 0 radical (unpaired) electrons. The summed E-state index contributed by atoms with van der Waals surface area (Å²) in [6, 6.07) is 14.6. The highest BCUT2D eigenvalue weighted by Crippen LogP contribution is 2.03. The van der Waals surface area contributed by atoms with Gasteiger partial charge in [0.1, 0.15) is 0 Å². The number of benzene rings is 1. The van der Waals surface area contributed by atoms with E-state index >= 15 is 0 Å². The van der Waals surface area contributed by atoms with Crippen LogP contribution in [0.3, 0.4) is 0 Å². The lowest BCUT2D eigenvalue weighted by atomic mass is 10.3. The van der Waals surface area contributed by atoms with Gasteiger partial charge in [-0.25, -0.2) is 4.79 Å². The highest BCUT2D eigenvalue weighted by molar-refractivity contribution is 5.93. The maximum atomic E-state index is 11.5. The van der Waals surface area contributed by atoms with E-state index in [4.69, 9.17) is 0 Å². The number of hydrogen-bond acceptors (Lipinski definition) is 1. The zero-order valence-corrected chi connectivity index (χ0v) is 11.2. The number of nitrogens with one attached hydrogen (secondary N) is 2. The van der Waals surface area contributed by atoms with E-state index in [0.717, 1.165) is 5.69 Å². The van der Waals surface area contributed by atoms with Gasteiger partial charge in [0, 0.05) is 17.8 Å². The molecule has 0 aliphatic carbocycles. The van der Waals surface area contributed by atoms with E-state index in [1.54, 1.807) is 17.1 Å². The summed E-state index contributed by atoms with van der Waals surface area (Å²) in [6.45, 7) is 0. The van der Waals surface area contributed by atoms with Crippen molar-refractivity contribution in [1.82, 2.24) is 0 Å². The number of pyridine rings is 1. The van der Waals surface area contributed by atoms with Gasteiger partial charge in [-0.3, -0.25) is 0 Å². The molecule has 0 atom stereocenters. The topological polar surface area (TPSA) is 45.0 Å². The predicted molar refractivity (Wildman–Crippen MR) is 61.5 cm³/mol. The van der Waals surface area contributed by atoms with E-state index < -0.39 is 0 Å². The Morgan fingerprint density at radius 2 is 1.53 bits per heavy atom. The highest BCUT2D eigenvalue weighted by atomic mass is 127. The van der Waals surface area contributed by atoms with Gasteiger partial charge in [-0.05, 0) is 12.1 Å². The van der Waals surface area contributed by atoms with E-state index in [0.29, 0.717) is 0 Å². The van der Waals surface area contributed by atoms with Crippen molar-refractivity contribution < 1.29 is 33.4 Å². The molecule has 0 saturated carbocycles. The van der Waals surface area contributed by atoms with Crippen LogP contribution in [0.2, 0.25) is 0 Å². The molecule has 88 valence electrons. The minimum absolute atomic E-state index is 0. The molecule has 0 spiro atoms. The number of nitrogens with zero attached hydrogens (tertiary/aromatic N) is 1. The predicted octanol–water partition coefficient (Wildman–Crippen LogP) is -1.25. The Morgan fingerprint density at radius 3 is 2.18 bits per heavy atom. The molecule has 17 heavy (non-hydrogen) atoms. The number of carbonyl (C=O) groups is 1. The minimum atomic E-state index is -0.276. The molecule has 1 heterocycles. The number of halogens is 1. The molecule has 2 rings (SSSR count). The van der Waals surface area contributed by atoms with Gasteiger partial charge >= 0.3 is 6.03 Å². The van der Waals surface area contributed by atoms with Crippen LogP contribution in [0.5, 0.6) is 0 Å². The third-order valence-corrected chi connectivity index (χ3v) is 1.98. The first-order valence-electron chi connectivity index (χ1n) is 4.94. The summed E-state index contributed by atoms with van der Waals surface area (Å²) in [5.41, 5.74) is 3.42. The number of amides is 2. The summed E-state index contributed by atoms with van der Waals surface area (Å²) in [5.74, 6) is 0. The quantitative estimate of drug-likeness (QED) is 0.521. The Bertz CT molecular complexity index is 418. The van der Waals surface area contributed by atoms with Crippen molar-refractivity contribution in [2.75, 3.05) is 10.7 Å². The first-order valence-corrected chi connectivity index (χ1v) is 4.94. The maximum Gasteiger partial charge on any atom is 0.372 e. The first kappa shape index (κ1) is 13.4. The summed E-state index contributed by atoms with van der Waals surface area (Å²) < 4.78 is 1.58. The van der Waals surface area contributed by atoms with Crippen LogP contribution in [0, 0.1) is 0 Å². The van der Waals surface area contributed by atoms with E-state index in [2.05, 4.69) is 10.7 Å². The first-order chi connectivity index (χ1) is 7.84. The normalized spacial score (nSPS) is 8.94. The lowest BCUT2D eigenvalue weighted by Gasteiger charge is -2.02. The van der Waals surface area contributed by atoms with Gasteiger partial charge < -0.3 is 29.3 Å². The Morgan fingerprint density at radius 1 is 0.941 bits per heavy atom. The van der Waals surface area contributed by atoms with Crippen LogP contribution < -0.4 is 39.4 Å². The van der Waals surface area contributed by atoms with Crippen molar-refractivity contribution in [2.24, 2.45) is 0 Å². The molecule has 2 amide bonds. The number of aromatic nitrogens is 1. The van der Waals surface area contributed by atoms with Gasteiger partial charge in [0.15, 0.2) is 12.4 Å². The molecule has 0 aliphatic rings. The van der Waals surface area contributed by atoms with Gasteiger partial charge in [0.05, 0.1) is 0 Å². The molecule has 0 unspecified atom stereocenters. The van der Waals surface area contributed by atoms with Crippen molar-refractivity contribution in [3.05, 3.63) is 60.9 Å². The SMILES string of the molecule is O=C(Nc1ccccc1)N[n+]1ccccc1.[I-]. The van der Waals surface area contributed by atoms with Gasteiger partial charge in [-0.15, -0.1) is 5.43 Å². The average molecular weight is 341 g/mol. The number of anilines is 1. The van der Waals surface area contributed by atoms with Crippen molar-refractivity contribution in [3.8, 4) is 0 Å². The third kappa shape index (κ3) is 4.39. The summed E-state index contributed by atoms with van der Waals surface area (Å²) in [5, 5.41) is 2.72. The number of para-hydroxylation sites is 1. The standard InChI is InChI=1S/C12H11N3O.HI/c16-12(13-11-7-3-1-4-8-11)14-15-9-5-2-6-10-15;/h1-10H,(H-,13,14,16);1H. The molecule has 0 bridgehead atoms. The largest absolute Gasteiger partial charge is 1.00 e. The molecular formula is C12H12IN3O. The zero-order chi connectivity index (χ0) is 11.2. The number of urea groups is 1. The third-order valence-electron chi connectivity index (χ3n) is 1.98. The molecular weight excluding hydrogens is 329 g/mol. The zero-order valence-electron chi connectivity index (χ0n) is 9.01. The summed E-state index contributed by atoms with van der Waals surface area (Å²) in [7, 11) is 0. The Balaban J connectivity index is 0.00000144. The van der Waals surface area contributed by atoms with Crippen LogP contribution in [0.4, 0.5) is 10.5 Å². The molecule has 1 aromatic carbocycles. The summed E-state index contributed by atoms with van der Waals surface area (Å²) >= 11 is 0. The Labute approximate surface area is 117 Å². The summed E-state index contributed by atoms with van der Waals surface area (Å²) in [6.07, 6.45) is 3.51. The van der Waals surface area contributed by atoms with Crippen LogP contribution in [0.15, 0.2) is 60.9 Å². The fourth-order valence-electron chi connectivity index (χ4n) is 1.27. The van der Waals surface area contributed by atoms with Gasteiger partial charge in [0.2, 0.25) is 0 Å². The van der Waals surface area contributed by atoms with Gasteiger partial charge in [-0.2, -0.15) is 0 Å². The van der Waals surface area contributed by atoms with Crippen molar-refractivity contribution in [2.45, 2.75) is 0 Å². The van der Waals surface area contributed by atoms with Crippen molar-refractivity contribution in [1.29, 1.82) is 0 Å². The second-order valence-electron chi connectivity index (χ2n) is 3.21. The summed E-state index contributed by atoms with van der Waals surface area (Å²) in [4.78, 5) is 11.5. The maximum absolute atomic E-state index is 11.5. The fraction of sp³-hybridized carbons (Fsp3) is 0. The second kappa shape index (κ2) is 6.85. The lowest BCUT2D eigenvalue weighted by molar-refractivity contribution is -0.641. The minimum Gasteiger partial charge on any atom is -1.00 e.